The predicted octanol–water partition coefficient (Wildman–Crippen LogP) is 4.83. The van der Waals surface area contributed by atoms with Crippen molar-refractivity contribution in [1.29, 1.82) is 0 Å². The third kappa shape index (κ3) is 4.50. The molecule has 0 aliphatic heterocycles. The van der Waals surface area contributed by atoms with Crippen LogP contribution in [0.3, 0.4) is 0 Å². The number of hydrogen-bond acceptors (Lipinski definition) is 2. The minimum atomic E-state index is -0.458. The highest BCUT2D eigenvalue weighted by atomic mass is 79.9. The summed E-state index contributed by atoms with van der Waals surface area (Å²) in [5.74, 6) is 0.00200. The minimum Gasteiger partial charge on any atom is -0.456 e. The largest absolute Gasteiger partial charge is 0.456 e. The van der Waals surface area contributed by atoms with Crippen molar-refractivity contribution < 1.29 is 9.53 Å². The molecule has 0 radical (unpaired) electrons. The summed E-state index contributed by atoms with van der Waals surface area (Å²) in [6.07, 6.45) is 1.84. The summed E-state index contributed by atoms with van der Waals surface area (Å²) in [6, 6.07) is 7.78. The summed E-state index contributed by atoms with van der Waals surface area (Å²) < 4.78 is 6.51. The Kier molecular flexibility index (Phi) is 5.36. The Labute approximate surface area is 124 Å². The van der Waals surface area contributed by atoms with Crippen molar-refractivity contribution in [3.8, 4) is 0 Å². The first-order valence-corrected chi connectivity index (χ1v) is 7.19. The molecule has 0 spiro atoms. The van der Waals surface area contributed by atoms with Gasteiger partial charge in [-0.25, -0.2) is 4.79 Å². The van der Waals surface area contributed by atoms with Crippen molar-refractivity contribution in [2.75, 3.05) is 0 Å². The van der Waals surface area contributed by atoms with E-state index in [4.69, 9.17) is 4.74 Å². The lowest BCUT2D eigenvalue weighted by Gasteiger charge is -2.29. The number of carbonyl (C=O) groups excluding carboxylic acids is 1. The molecule has 19 heavy (non-hydrogen) atoms. The van der Waals surface area contributed by atoms with Crippen molar-refractivity contribution in [2.45, 2.75) is 40.2 Å². The van der Waals surface area contributed by atoms with E-state index < -0.39 is 5.60 Å². The fourth-order valence-electron chi connectivity index (χ4n) is 1.32. The first-order chi connectivity index (χ1) is 8.74. The van der Waals surface area contributed by atoms with Gasteiger partial charge in [-0.15, -0.1) is 0 Å². The number of esters is 1. The molecule has 0 aromatic heterocycles. The fourth-order valence-corrected chi connectivity index (χ4v) is 1.72. The van der Waals surface area contributed by atoms with Gasteiger partial charge in [-0.1, -0.05) is 48.0 Å². The maximum absolute atomic E-state index is 12.1. The molecule has 0 amide bonds. The standard InChI is InChI=1S/C16H21BrO2/c1-11(2)16(4,5)19-15(18)12(3)10-13-8-6-7-9-14(13)17/h6-11H,1-5H3/b12-10+. The monoisotopic (exact) mass is 324 g/mol. The first kappa shape index (κ1) is 16.0. The Morgan fingerprint density at radius 1 is 1.32 bits per heavy atom. The van der Waals surface area contributed by atoms with E-state index in [0.29, 0.717) is 5.57 Å². The molecule has 0 heterocycles. The van der Waals surface area contributed by atoms with Crippen LogP contribution in [0.4, 0.5) is 0 Å². The molecule has 0 N–H and O–H groups in total. The van der Waals surface area contributed by atoms with Crippen molar-refractivity contribution in [2.24, 2.45) is 5.92 Å². The van der Waals surface area contributed by atoms with Crippen LogP contribution in [0.5, 0.6) is 0 Å². The molecule has 0 aliphatic rings. The van der Waals surface area contributed by atoms with Gasteiger partial charge < -0.3 is 4.74 Å². The average Bonchev–Trinajstić information content (AvgIpc) is 2.31. The van der Waals surface area contributed by atoms with E-state index in [0.717, 1.165) is 10.0 Å². The van der Waals surface area contributed by atoms with E-state index >= 15 is 0 Å². The Balaban J connectivity index is 2.87. The highest BCUT2D eigenvalue weighted by molar-refractivity contribution is 9.10. The van der Waals surface area contributed by atoms with Gasteiger partial charge in [-0.2, -0.15) is 0 Å². The zero-order chi connectivity index (χ0) is 14.6. The first-order valence-electron chi connectivity index (χ1n) is 6.40. The summed E-state index contributed by atoms with van der Waals surface area (Å²) in [7, 11) is 0. The molecule has 0 aliphatic carbocycles. The second kappa shape index (κ2) is 6.38. The summed E-state index contributed by atoms with van der Waals surface area (Å²) >= 11 is 3.46. The Morgan fingerprint density at radius 3 is 2.42 bits per heavy atom. The Bertz CT molecular complexity index is 487. The quantitative estimate of drug-likeness (QED) is 0.585. The number of benzene rings is 1. The van der Waals surface area contributed by atoms with Crippen LogP contribution in [0.15, 0.2) is 34.3 Å². The fraction of sp³-hybridized carbons (Fsp3) is 0.438. The SMILES string of the molecule is C/C(=C\c1ccccc1Br)C(=O)OC(C)(C)C(C)C. The normalized spacial score (nSPS) is 12.7. The van der Waals surface area contributed by atoms with Crippen LogP contribution in [0.25, 0.3) is 6.08 Å². The second-order valence-corrected chi connectivity index (χ2v) is 6.35. The molecule has 0 unspecified atom stereocenters. The maximum atomic E-state index is 12.1. The number of rotatable bonds is 4. The van der Waals surface area contributed by atoms with Crippen LogP contribution in [0.2, 0.25) is 0 Å². The molecule has 3 heteroatoms. The van der Waals surface area contributed by atoms with Gasteiger partial charge in [0.25, 0.3) is 0 Å². The number of carbonyl (C=O) groups is 1. The molecule has 1 aromatic rings. The Morgan fingerprint density at radius 2 is 1.89 bits per heavy atom. The lowest BCUT2D eigenvalue weighted by Crippen LogP contribution is -2.33. The van der Waals surface area contributed by atoms with Gasteiger partial charge in [0.1, 0.15) is 5.60 Å². The molecule has 1 rings (SSSR count). The molecule has 0 bridgehead atoms. The summed E-state index contributed by atoms with van der Waals surface area (Å²) in [4.78, 5) is 12.1. The average molecular weight is 325 g/mol. The van der Waals surface area contributed by atoms with Gasteiger partial charge in [-0.05, 0) is 44.4 Å². The van der Waals surface area contributed by atoms with E-state index in [1.807, 2.05) is 58.0 Å². The van der Waals surface area contributed by atoms with Gasteiger partial charge in [0.15, 0.2) is 0 Å². The van der Waals surface area contributed by atoms with Crippen LogP contribution < -0.4 is 0 Å². The van der Waals surface area contributed by atoms with E-state index in [1.165, 1.54) is 0 Å². The molecule has 1 aromatic carbocycles. The Hall–Kier alpha value is -1.09. The van der Waals surface area contributed by atoms with Crippen LogP contribution in [0, 0.1) is 5.92 Å². The molecule has 0 saturated heterocycles. The van der Waals surface area contributed by atoms with Gasteiger partial charge in [0, 0.05) is 10.0 Å². The maximum Gasteiger partial charge on any atom is 0.334 e. The van der Waals surface area contributed by atoms with E-state index in [1.54, 1.807) is 6.92 Å². The summed E-state index contributed by atoms with van der Waals surface area (Å²) in [5.41, 5.74) is 1.11. The topological polar surface area (TPSA) is 26.3 Å². The zero-order valence-corrected chi connectivity index (χ0v) is 13.7. The second-order valence-electron chi connectivity index (χ2n) is 5.50. The van der Waals surface area contributed by atoms with Crippen LogP contribution >= 0.6 is 15.9 Å². The third-order valence-electron chi connectivity index (χ3n) is 3.35. The predicted molar refractivity (Wildman–Crippen MR) is 82.8 cm³/mol. The lowest BCUT2D eigenvalue weighted by atomic mass is 9.94. The van der Waals surface area contributed by atoms with Crippen molar-refractivity contribution in [3.05, 3.63) is 39.9 Å². The van der Waals surface area contributed by atoms with E-state index in [-0.39, 0.29) is 11.9 Å². The highest BCUT2D eigenvalue weighted by Gasteiger charge is 2.27. The zero-order valence-electron chi connectivity index (χ0n) is 12.2. The summed E-state index contributed by atoms with van der Waals surface area (Å²) in [6.45, 7) is 9.72. The van der Waals surface area contributed by atoms with Gasteiger partial charge in [0.2, 0.25) is 0 Å². The van der Waals surface area contributed by atoms with Crippen LogP contribution in [0.1, 0.15) is 40.2 Å². The molecule has 0 atom stereocenters. The van der Waals surface area contributed by atoms with Crippen molar-refractivity contribution in [1.82, 2.24) is 0 Å². The van der Waals surface area contributed by atoms with Crippen molar-refractivity contribution >= 4 is 28.0 Å². The molecule has 0 saturated carbocycles. The third-order valence-corrected chi connectivity index (χ3v) is 4.07. The van der Waals surface area contributed by atoms with Gasteiger partial charge in [-0.3, -0.25) is 0 Å². The van der Waals surface area contributed by atoms with Crippen molar-refractivity contribution in [3.63, 3.8) is 0 Å². The smallest absolute Gasteiger partial charge is 0.334 e. The number of ether oxygens (including phenoxy) is 1. The van der Waals surface area contributed by atoms with E-state index in [9.17, 15) is 4.79 Å². The minimum absolute atomic E-state index is 0.269. The molecule has 104 valence electrons. The van der Waals surface area contributed by atoms with Gasteiger partial charge >= 0.3 is 5.97 Å². The lowest BCUT2D eigenvalue weighted by molar-refractivity contribution is -0.155. The summed E-state index contributed by atoms with van der Waals surface area (Å²) in [5, 5.41) is 0. The molecular weight excluding hydrogens is 304 g/mol. The van der Waals surface area contributed by atoms with E-state index in [2.05, 4.69) is 15.9 Å². The molecule has 0 fully saturated rings. The number of hydrogen-bond donors (Lipinski definition) is 0. The molecule has 2 nitrogen and oxygen atoms in total. The number of halogens is 1. The van der Waals surface area contributed by atoms with Crippen LogP contribution in [-0.2, 0) is 9.53 Å². The van der Waals surface area contributed by atoms with Crippen LogP contribution in [-0.4, -0.2) is 11.6 Å². The van der Waals surface area contributed by atoms with Gasteiger partial charge in [0.05, 0.1) is 0 Å². The highest BCUT2D eigenvalue weighted by Crippen LogP contribution is 2.23. The molecular formula is C16H21BrO2.